The standard InChI is InChI=1S/C22H19N3O/c1-15-10-12-16(13-11-15)21-24-20-9-4-3-8-19(20)22(25-21)23-17-6-5-7-18(14-17)26-2/h3-14H,1-2H3,(H,23,24,25). The van der Waals surface area contributed by atoms with Crippen molar-refractivity contribution in [1.82, 2.24) is 9.97 Å². The fraction of sp³-hybridized carbons (Fsp3) is 0.0909. The highest BCUT2D eigenvalue weighted by molar-refractivity contribution is 5.92. The van der Waals surface area contributed by atoms with Gasteiger partial charge in [0.05, 0.1) is 12.6 Å². The second-order valence-corrected chi connectivity index (χ2v) is 6.14. The molecule has 1 aromatic heterocycles. The van der Waals surface area contributed by atoms with Crippen LogP contribution in [0.4, 0.5) is 11.5 Å². The summed E-state index contributed by atoms with van der Waals surface area (Å²) in [5.74, 6) is 2.28. The van der Waals surface area contributed by atoms with Gasteiger partial charge in [0.2, 0.25) is 0 Å². The first-order valence-electron chi connectivity index (χ1n) is 8.48. The zero-order chi connectivity index (χ0) is 17.9. The van der Waals surface area contributed by atoms with Gasteiger partial charge in [-0.15, -0.1) is 0 Å². The van der Waals surface area contributed by atoms with Gasteiger partial charge in [0.1, 0.15) is 11.6 Å². The summed E-state index contributed by atoms with van der Waals surface area (Å²) in [5.41, 5.74) is 4.03. The number of methoxy groups -OCH3 is 1. The van der Waals surface area contributed by atoms with Gasteiger partial charge in [0.25, 0.3) is 0 Å². The summed E-state index contributed by atoms with van der Waals surface area (Å²) in [4.78, 5) is 9.52. The predicted molar refractivity (Wildman–Crippen MR) is 106 cm³/mol. The summed E-state index contributed by atoms with van der Waals surface area (Å²) in [6, 6.07) is 24.1. The molecule has 0 amide bonds. The van der Waals surface area contributed by atoms with E-state index in [1.165, 1.54) is 5.56 Å². The van der Waals surface area contributed by atoms with Gasteiger partial charge in [-0.1, -0.05) is 48.0 Å². The number of aryl methyl sites for hydroxylation is 1. The average Bonchev–Trinajstić information content (AvgIpc) is 2.68. The van der Waals surface area contributed by atoms with E-state index in [9.17, 15) is 0 Å². The van der Waals surface area contributed by atoms with Gasteiger partial charge < -0.3 is 10.1 Å². The van der Waals surface area contributed by atoms with Crippen molar-refractivity contribution in [1.29, 1.82) is 0 Å². The van der Waals surface area contributed by atoms with Crippen LogP contribution in [0.25, 0.3) is 22.3 Å². The number of aromatic nitrogens is 2. The quantitative estimate of drug-likeness (QED) is 0.543. The highest BCUT2D eigenvalue weighted by Crippen LogP contribution is 2.28. The molecule has 0 spiro atoms. The van der Waals surface area contributed by atoms with Gasteiger partial charge in [-0.25, -0.2) is 9.97 Å². The molecule has 3 aromatic carbocycles. The smallest absolute Gasteiger partial charge is 0.162 e. The first kappa shape index (κ1) is 16.1. The molecule has 0 atom stereocenters. The molecule has 1 heterocycles. The van der Waals surface area contributed by atoms with Crippen LogP contribution >= 0.6 is 0 Å². The van der Waals surface area contributed by atoms with E-state index in [4.69, 9.17) is 14.7 Å². The molecule has 0 aliphatic rings. The van der Waals surface area contributed by atoms with E-state index < -0.39 is 0 Å². The number of ether oxygens (including phenoxy) is 1. The number of benzene rings is 3. The van der Waals surface area contributed by atoms with Gasteiger partial charge in [0.15, 0.2) is 5.82 Å². The summed E-state index contributed by atoms with van der Waals surface area (Å²) in [6.45, 7) is 2.07. The van der Waals surface area contributed by atoms with Crippen LogP contribution < -0.4 is 10.1 Å². The highest BCUT2D eigenvalue weighted by atomic mass is 16.5. The van der Waals surface area contributed by atoms with Gasteiger partial charge in [-0.05, 0) is 31.2 Å². The third-order valence-corrected chi connectivity index (χ3v) is 4.25. The molecule has 128 valence electrons. The van der Waals surface area contributed by atoms with Crippen molar-refractivity contribution in [2.75, 3.05) is 12.4 Å². The van der Waals surface area contributed by atoms with Crippen molar-refractivity contribution in [3.8, 4) is 17.1 Å². The molecular formula is C22H19N3O. The predicted octanol–water partition coefficient (Wildman–Crippen LogP) is 5.36. The molecule has 0 aliphatic heterocycles. The lowest BCUT2D eigenvalue weighted by Crippen LogP contribution is -1.99. The van der Waals surface area contributed by atoms with Crippen molar-refractivity contribution >= 4 is 22.4 Å². The number of anilines is 2. The van der Waals surface area contributed by atoms with E-state index in [2.05, 4.69) is 36.5 Å². The molecule has 0 saturated carbocycles. The number of hydrogen-bond donors (Lipinski definition) is 1. The molecule has 0 fully saturated rings. The van der Waals surface area contributed by atoms with Gasteiger partial charge in [-0.2, -0.15) is 0 Å². The van der Waals surface area contributed by atoms with Crippen molar-refractivity contribution in [2.45, 2.75) is 6.92 Å². The largest absolute Gasteiger partial charge is 0.497 e. The summed E-state index contributed by atoms with van der Waals surface area (Å²) in [5, 5.41) is 4.39. The Bertz CT molecular complexity index is 1060. The van der Waals surface area contributed by atoms with Crippen LogP contribution in [0, 0.1) is 6.92 Å². The van der Waals surface area contributed by atoms with E-state index in [-0.39, 0.29) is 0 Å². The maximum atomic E-state index is 5.31. The zero-order valence-corrected chi connectivity index (χ0v) is 14.7. The molecular weight excluding hydrogens is 322 g/mol. The Morgan fingerprint density at radius 3 is 2.46 bits per heavy atom. The Morgan fingerprint density at radius 1 is 0.846 bits per heavy atom. The molecule has 1 N–H and O–H groups in total. The SMILES string of the molecule is COc1cccc(Nc2nc(-c3ccc(C)cc3)nc3ccccc23)c1. The normalized spacial score (nSPS) is 10.7. The average molecular weight is 341 g/mol. The molecule has 26 heavy (non-hydrogen) atoms. The lowest BCUT2D eigenvalue weighted by molar-refractivity contribution is 0.415. The lowest BCUT2D eigenvalue weighted by Gasteiger charge is -2.12. The van der Waals surface area contributed by atoms with Crippen LogP contribution in [0.1, 0.15) is 5.56 Å². The number of fused-ring (bicyclic) bond motifs is 1. The van der Waals surface area contributed by atoms with E-state index in [0.29, 0.717) is 5.82 Å². The van der Waals surface area contributed by atoms with Crippen LogP contribution in [-0.2, 0) is 0 Å². The van der Waals surface area contributed by atoms with Gasteiger partial charge >= 0.3 is 0 Å². The fourth-order valence-electron chi connectivity index (χ4n) is 2.84. The van der Waals surface area contributed by atoms with E-state index in [1.807, 2.05) is 48.5 Å². The summed E-state index contributed by atoms with van der Waals surface area (Å²) < 4.78 is 5.31. The van der Waals surface area contributed by atoms with Gasteiger partial charge in [-0.3, -0.25) is 0 Å². The summed E-state index contributed by atoms with van der Waals surface area (Å²) in [7, 11) is 1.66. The monoisotopic (exact) mass is 341 g/mol. The lowest BCUT2D eigenvalue weighted by atomic mass is 10.1. The minimum atomic E-state index is 0.703. The fourth-order valence-corrected chi connectivity index (χ4v) is 2.84. The second-order valence-electron chi connectivity index (χ2n) is 6.14. The molecule has 4 rings (SSSR count). The highest BCUT2D eigenvalue weighted by Gasteiger charge is 2.10. The number of hydrogen-bond acceptors (Lipinski definition) is 4. The minimum absolute atomic E-state index is 0.703. The van der Waals surface area contributed by atoms with Crippen molar-refractivity contribution in [3.05, 3.63) is 78.4 Å². The third kappa shape index (κ3) is 3.22. The first-order valence-corrected chi connectivity index (χ1v) is 8.48. The molecule has 0 radical (unpaired) electrons. The van der Waals surface area contributed by atoms with Gasteiger partial charge in [0, 0.05) is 22.7 Å². The Labute approximate surface area is 152 Å². The third-order valence-electron chi connectivity index (χ3n) is 4.25. The molecule has 0 saturated heterocycles. The maximum Gasteiger partial charge on any atom is 0.162 e. The minimum Gasteiger partial charge on any atom is -0.497 e. The zero-order valence-electron chi connectivity index (χ0n) is 14.7. The van der Waals surface area contributed by atoms with Crippen molar-refractivity contribution in [2.24, 2.45) is 0 Å². The van der Waals surface area contributed by atoms with Crippen LogP contribution in [0.2, 0.25) is 0 Å². The van der Waals surface area contributed by atoms with Crippen molar-refractivity contribution in [3.63, 3.8) is 0 Å². The summed E-state index contributed by atoms with van der Waals surface area (Å²) in [6.07, 6.45) is 0. The Morgan fingerprint density at radius 2 is 1.65 bits per heavy atom. The van der Waals surface area contributed by atoms with Crippen LogP contribution in [-0.4, -0.2) is 17.1 Å². The molecule has 0 bridgehead atoms. The molecule has 4 nitrogen and oxygen atoms in total. The van der Waals surface area contributed by atoms with Crippen LogP contribution in [0.15, 0.2) is 72.8 Å². The molecule has 0 unspecified atom stereocenters. The molecule has 4 aromatic rings. The number of rotatable bonds is 4. The van der Waals surface area contributed by atoms with E-state index >= 15 is 0 Å². The van der Waals surface area contributed by atoms with E-state index in [1.54, 1.807) is 7.11 Å². The van der Waals surface area contributed by atoms with Crippen LogP contribution in [0.3, 0.4) is 0 Å². The van der Waals surface area contributed by atoms with Crippen molar-refractivity contribution < 1.29 is 4.74 Å². The summed E-state index contributed by atoms with van der Waals surface area (Å²) >= 11 is 0. The Hall–Kier alpha value is -3.40. The number of nitrogens with zero attached hydrogens (tertiary/aromatic N) is 2. The molecule has 4 heteroatoms. The molecule has 0 aliphatic carbocycles. The number of nitrogens with one attached hydrogen (secondary N) is 1. The Kier molecular flexibility index (Phi) is 4.23. The first-order chi connectivity index (χ1) is 12.7. The Balaban J connectivity index is 1.82. The second kappa shape index (κ2) is 6.84. The van der Waals surface area contributed by atoms with E-state index in [0.717, 1.165) is 33.7 Å². The maximum absolute atomic E-state index is 5.31. The topological polar surface area (TPSA) is 47.0 Å². The number of para-hydroxylation sites is 1. The van der Waals surface area contributed by atoms with Crippen LogP contribution in [0.5, 0.6) is 5.75 Å².